The molecule has 1 aliphatic rings. The van der Waals surface area contributed by atoms with Crippen molar-refractivity contribution in [2.24, 2.45) is 0 Å². The molecular weight excluding hydrogens is 281 g/mol. The van der Waals surface area contributed by atoms with Gasteiger partial charge in [-0.3, -0.25) is 9.88 Å². The van der Waals surface area contributed by atoms with E-state index in [0.29, 0.717) is 6.04 Å². The lowest BCUT2D eigenvalue weighted by Crippen LogP contribution is -2.55. The molecule has 1 saturated heterocycles. The highest BCUT2D eigenvalue weighted by molar-refractivity contribution is 5.85. The monoisotopic (exact) mass is 299 g/mol. The number of pyridine rings is 1. The van der Waals surface area contributed by atoms with E-state index in [1.165, 1.54) is 5.39 Å². The fourth-order valence-electron chi connectivity index (χ4n) is 2.17. The molecule has 1 aliphatic heterocycles. The van der Waals surface area contributed by atoms with Crippen molar-refractivity contribution < 1.29 is 0 Å². The molecule has 3 rings (SSSR count). The van der Waals surface area contributed by atoms with Crippen LogP contribution in [-0.2, 0) is 6.54 Å². The molecule has 1 aromatic carbocycles. The van der Waals surface area contributed by atoms with Crippen LogP contribution in [0, 0.1) is 0 Å². The minimum Gasteiger partial charge on any atom is -0.314 e. The quantitative estimate of drug-likeness (QED) is 0.944. The summed E-state index contributed by atoms with van der Waals surface area (Å²) in [6.07, 6.45) is 0. The van der Waals surface area contributed by atoms with Crippen LogP contribution >= 0.6 is 24.8 Å². The molecule has 1 aromatic heterocycles. The number of halogens is 2. The number of benzene rings is 1. The number of nitrogens with one attached hydrogen (secondary N) is 1. The maximum Gasteiger partial charge on any atom is 0.0705 e. The van der Waals surface area contributed by atoms with E-state index in [-0.39, 0.29) is 24.8 Å². The van der Waals surface area contributed by atoms with Gasteiger partial charge in [0.2, 0.25) is 0 Å². The molecule has 0 saturated carbocycles. The topological polar surface area (TPSA) is 28.2 Å². The highest BCUT2D eigenvalue weighted by atomic mass is 35.5. The molecule has 0 radical (unpaired) electrons. The molecule has 0 spiro atoms. The van der Waals surface area contributed by atoms with E-state index in [2.05, 4.69) is 47.6 Å². The summed E-state index contributed by atoms with van der Waals surface area (Å²) in [6, 6.07) is 13.2. The van der Waals surface area contributed by atoms with E-state index in [1.807, 2.05) is 6.07 Å². The summed E-state index contributed by atoms with van der Waals surface area (Å²) in [5.41, 5.74) is 2.24. The van der Waals surface area contributed by atoms with Gasteiger partial charge in [-0.2, -0.15) is 0 Å². The van der Waals surface area contributed by atoms with Gasteiger partial charge in [-0.05, 0) is 19.2 Å². The predicted octanol–water partition coefficient (Wildman–Crippen LogP) is 2.48. The second-order valence-corrected chi connectivity index (χ2v) is 4.72. The summed E-state index contributed by atoms with van der Waals surface area (Å²) in [6.45, 7) is 3.13. The molecule has 19 heavy (non-hydrogen) atoms. The summed E-state index contributed by atoms with van der Waals surface area (Å²) >= 11 is 0. The summed E-state index contributed by atoms with van der Waals surface area (Å²) in [4.78, 5) is 7.06. The molecule has 0 aliphatic carbocycles. The molecule has 2 aromatic rings. The fraction of sp³-hybridized carbons (Fsp3) is 0.357. The van der Waals surface area contributed by atoms with Crippen LogP contribution in [0.3, 0.4) is 0 Å². The smallest absolute Gasteiger partial charge is 0.0705 e. The first-order valence-electron chi connectivity index (χ1n) is 6.08. The van der Waals surface area contributed by atoms with Gasteiger partial charge >= 0.3 is 0 Å². The summed E-state index contributed by atoms with van der Waals surface area (Å²) in [7, 11) is 2.17. The third kappa shape index (κ3) is 3.57. The van der Waals surface area contributed by atoms with Crippen LogP contribution in [0.15, 0.2) is 36.4 Å². The highest BCUT2D eigenvalue weighted by Gasteiger charge is 2.21. The average Bonchev–Trinajstić information content (AvgIpc) is 2.26. The largest absolute Gasteiger partial charge is 0.314 e. The van der Waals surface area contributed by atoms with Gasteiger partial charge in [-0.15, -0.1) is 24.8 Å². The van der Waals surface area contributed by atoms with Crippen LogP contribution in [0.2, 0.25) is 0 Å². The Morgan fingerprint density at radius 2 is 1.89 bits per heavy atom. The Morgan fingerprint density at radius 1 is 1.16 bits per heavy atom. The van der Waals surface area contributed by atoms with E-state index in [9.17, 15) is 0 Å². The number of likely N-dealkylation sites (N-methyl/N-ethyl adjacent to an activating group) is 1. The van der Waals surface area contributed by atoms with Crippen LogP contribution in [0.1, 0.15) is 5.69 Å². The van der Waals surface area contributed by atoms with Crippen LogP contribution < -0.4 is 5.32 Å². The molecule has 2 heterocycles. The van der Waals surface area contributed by atoms with Crippen LogP contribution in [-0.4, -0.2) is 36.1 Å². The Hall–Kier alpha value is -0.870. The zero-order valence-corrected chi connectivity index (χ0v) is 12.5. The molecule has 0 bridgehead atoms. The van der Waals surface area contributed by atoms with E-state index in [4.69, 9.17) is 4.98 Å². The maximum absolute atomic E-state index is 4.69. The van der Waals surface area contributed by atoms with Gasteiger partial charge in [-0.25, -0.2) is 0 Å². The van der Waals surface area contributed by atoms with Crippen molar-refractivity contribution in [1.82, 2.24) is 15.2 Å². The number of hydrogen-bond donors (Lipinski definition) is 1. The first kappa shape index (κ1) is 16.2. The van der Waals surface area contributed by atoms with Gasteiger partial charge in [0.15, 0.2) is 0 Å². The zero-order valence-electron chi connectivity index (χ0n) is 10.9. The first-order chi connectivity index (χ1) is 8.33. The summed E-state index contributed by atoms with van der Waals surface area (Å²) in [5.74, 6) is 0. The second-order valence-electron chi connectivity index (χ2n) is 4.72. The maximum atomic E-state index is 4.69. The highest BCUT2D eigenvalue weighted by Crippen LogP contribution is 2.14. The van der Waals surface area contributed by atoms with E-state index in [0.717, 1.165) is 30.8 Å². The van der Waals surface area contributed by atoms with Gasteiger partial charge in [0.25, 0.3) is 0 Å². The van der Waals surface area contributed by atoms with Crippen molar-refractivity contribution in [2.75, 3.05) is 20.1 Å². The average molecular weight is 300 g/mol. The SMILES string of the molecule is CN(Cc1ccc2ccccc2n1)C1CNC1.Cl.Cl. The third-order valence-corrected chi connectivity index (χ3v) is 3.45. The minimum atomic E-state index is 0. The van der Waals surface area contributed by atoms with Crippen LogP contribution in [0.4, 0.5) is 0 Å². The molecule has 0 amide bonds. The van der Waals surface area contributed by atoms with Crippen molar-refractivity contribution in [1.29, 1.82) is 0 Å². The number of hydrogen-bond acceptors (Lipinski definition) is 3. The molecule has 3 nitrogen and oxygen atoms in total. The molecular formula is C14H19Cl2N3. The number of fused-ring (bicyclic) bond motifs is 1. The first-order valence-corrected chi connectivity index (χ1v) is 6.08. The Balaban J connectivity index is 0.000000902. The number of nitrogens with zero attached hydrogens (tertiary/aromatic N) is 2. The molecule has 5 heteroatoms. The molecule has 1 fully saturated rings. The van der Waals surface area contributed by atoms with Crippen molar-refractivity contribution in [3.63, 3.8) is 0 Å². The second kappa shape index (κ2) is 7.06. The van der Waals surface area contributed by atoms with Gasteiger partial charge in [0.05, 0.1) is 11.2 Å². The van der Waals surface area contributed by atoms with Gasteiger partial charge < -0.3 is 5.32 Å². The Bertz CT molecular complexity index is 529. The normalized spacial score (nSPS) is 14.6. The lowest BCUT2D eigenvalue weighted by molar-refractivity contribution is 0.171. The zero-order chi connectivity index (χ0) is 11.7. The van der Waals surface area contributed by atoms with Crippen molar-refractivity contribution in [2.45, 2.75) is 12.6 Å². The number of rotatable bonds is 3. The van der Waals surface area contributed by atoms with Crippen molar-refractivity contribution in [3.05, 3.63) is 42.1 Å². The van der Waals surface area contributed by atoms with Crippen molar-refractivity contribution >= 4 is 35.7 Å². The molecule has 104 valence electrons. The summed E-state index contributed by atoms with van der Waals surface area (Å²) in [5, 5.41) is 4.51. The minimum absolute atomic E-state index is 0. The summed E-state index contributed by atoms with van der Waals surface area (Å²) < 4.78 is 0. The van der Waals surface area contributed by atoms with E-state index in [1.54, 1.807) is 0 Å². The van der Waals surface area contributed by atoms with E-state index >= 15 is 0 Å². The third-order valence-electron chi connectivity index (χ3n) is 3.45. The lowest BCUT2D eigenvalue weighted by atomic mass is 10.1. The number of aromatic nitrogens is 1. The van der Waals surface area contributed by atoms with E-state index < -0.39 is 0 Å². The van der Waals surface area contributed by atoms with Gasteiger partial charge in [0.1, 0.15) is 0 Å². The molecule has 1 N–H and O–H groups in total. The Labute approximate surface area is 126 Å². The van der Waals surface area contributed by atoms with Crippen LogP contribution in [0.5, 0.6) is 0 Å². The van der Waals surface area contributed by atoms with Crippen LogP contribution in [0.25, 0.3) is 10.9 Å². The molecule has 0 unspecified atom stereocenters. The Morgan fingerprint density at radius 3 is 2.58 bits per heavy atom. The van der Waals surface area contributed by atoms with Gasteiger partial charge in [0, 0.05) is 31.1 Å². The molecule has 0 atom stereocenters. The van der Waals surface area contributed by atoms with Crippen molar-refractivity contribution in [3.8, 4) is 0 Å². The standard InChI is InChI=1S/C14H17N3.2ClH/c1-17(13-8-15-9-13)10-12-7-6-11-4-2-3-5-14(11)16-12;;/h2-7,13,15H,8-10H2,1H3;2*1H. The predicted molar refractivity (Wildman–Crippen MR) is 84.4 cm³/mol. The lowest BCUT2D eigenvalue weighted by Gasteiger charge is -2.35. The Kier molecular flexibility index (Phi) is 6.01. The number of para-hydroxylation sites is 1. The van der Waals surface area contributed by atoms with Gasteiger partial charge in [-0.1, -0.05) is 24.3 Å². The fourth-order valence-corrected chi connectivity index (χ4v) is 2.17.